The smallest absolute Gasteiger partial charge is 0.137 e. The zero-order chi connectivity index (χ0) is 61.5. The number of para-hydroxylation sites is 4. The Bertz CT molecular complexity index is 5810. The summed E-state index contributed by atoms with van der Waals surface area (Å²) in [4.78, 5) is 4.99. The van der Waals surface area contributed by atoms with Crippen molar-refractivity contribution in [2.75, 3.05) is 9.80 Å². The van der Waals surface area contributed by atoms with Crippen LogP contribution in [-0.4, -0.2) is 8.80 Å². The maximum Gasteiger partial charge on any atom is 0.137 e. The van der Waals surface area contributed by atoms with E-state index in [1.807, 2.05) is 0 Å². The van der Waals surface area contributed by atoms with Gasteiger partial charge in [-0.2, -0.15) is 0 Å². The monoisotopic (exact) mass is 1180 g/mol. The van der Waals surface area contributed by atoms with E-state index in [9.17, 15) is 0 Å². The van der Waals surface area contributed by atoms with E-state index >= 15 is 0 Å². The van der Waals surface area contributed by atoms with Crippen LogP contribution < -0.4 is 9.80 Å². The van der Waals surface area contributed by atoms with Crippen molar-refractivity contribution < 1.29 is 8.83 Å². The van der Waals surface area contributed by atoms with Gasteiger partial charge in [-0.05, 0) is 118 Å². The summed E-state index contributed by atoms with van der Waals surface area (Å²) in [6.45, 7) is 13.7. The summed E-state index contributed by atoms with van der Waals surface area (Å²) in [7, 11) is 0. The predicted molar refractivity (Wildman–Crippen MR) is 388 cm³/mol. The summed E-state index contributed by atoms with van der Waals surface area (Å²) in [6, 6.07) is 98.8. The van der Waals surface area contributed by atoms with Crippen molar-refractivity contribution in [3.8, 4) is 22.3 Å². The highest BCUT2D eigenvalue weighted by molar-refractivity contribution is 6.32. The molecule has 0 unspecified atom stereocenters. The number of benzene rings is 13. The Balaban J connectivity index is 0.877. The lowest BCUT2D eigenvalue weighted by atomic mass is 9.87. The molecule has 0 radical (unpaired) electrons. The second-order valence-corrected chi connectivity index (χ2v) is 27.2. The Labute approximate surface area is 531 Å². The van der Waals surface area contributed by atoms with Gasteiger partial charge in [0.2, 0.25) is 0 Å². The first-order valence-corrected chi connectivity index (χ1v) is 32.1. The molecule has 0 saturated heterocycles. The molecule has 6 nitrogen and oxygen atoms in total. The van der Waals surface area contributed by atoms with Gasteiger partial charge < -0.3 is 27.4 Å². The molecule has 0 atom stereocenters. The Morgan fingerprint density at radius 1 is 0.272 bits per heavy atom. The second kappa shape index (κ2) is 19.1. The van der Waals surface area contributed by atoms with Crippen molar-refractivity contribution >= 4 is 154 Å². The van der Waals surface area contributed by atoms with Crippen LogP contribution in [0.4, 0.5) is 34.1 Å². The van der Waals surface area contributed by atoms with Crippen molar-refractivity contribution in [2.45, 2.75) is 52.4 Å². The largest absolute Gasteiger partial charge is 0.456 e. The van der Waals surface area contributed by atoms with E-state index in [4.69, 9.17) is 8.83 Å². The number of nitrogens with zero attached hydrogens (tertiary/aromatic N) is 4. The number of hydrogen-bond acceptors (Lipinski definition) is 4. The Morgan fingerprint density at radius 2 is 0.641 bits per heavy atom. The standard InChI is InChI=1S/C86H62N4O2/c1-85(2,3)53-33-37-55(38-34-53)87(75-49-79-67(57-25-15-19-31-77(57)91-79)45-63(75)51-21-9-7-10-22-51)71-43-41-59-65-47-74-66(48-73(65)89-69-29-17-13-27-61(69)81(71)83(59)89)60-42-44-72(82-62-28-14-18-30-70(62)90(74)84(60)82)88(56-39-35-54(36-40-56)86(4,5)6)76-50-80-68(58-26-16-20-32-78(58)92-80)46-64(76)52-23-11-8-12-24-52/h7-50H,1-6H3. The van der Waals surface area contributed by atoms with Gasteiger partial charge >= 0.3 is 0 Å². The predicted octanol–water partition coefficient (Wildman–Crippen LogP) is 24.7. The number of fused-ring (bicyclic) bond motifs is 18. The zero-order valence-corrected chi connectivity index (χ0v) is 52.0. The summed E-state index contributed by atoms with van der Waals surface area (Å²) in [5.41, 5.74) is 24.0. The highest BCUT2D eigenvalue weighted by Gasteiger charge is 2.31. The molecule has 6 aromatic heterocycles. The summed E-state index contributed by atoms with van der Waals surface area (Å²) >= 11 is 0. The zero-order valence-electron chi connectivity index (χ0n) is 52.0. The molecule has 13 aromatic carbocycles. The van der Waals surface area contributed by atoms with Crippen LogP contribution in [0, 0.1) is 0 Å². The number of rotatable bonds is 8. The van der Waals surface area contributed by atoms with Crippen molar-refractivity contribution in [3.63, 3.8) is 0 Å². The Kier molecular flexibility index (Phi) is 10.9. The van der Waals surface area contributed by atoms with Crippen molar-refractivity contribution in [1.29, 1.82) is 0 Å². The lowest BCUT2D eigenvalue weighted by Crippen LogP contribution is -2.14. The van der Waals surface area contributed by atoms with E-state index < -0.39 is 0 Å². The van der Waals surface area contributed by atoms with Gasteiger partial charge in [-0.1, -0.05) is 211 Å². The van der Waals surface area contributed by atoms with Gasteiger partial charge in [0.1, 0.15) is 22.3 Å². The van der Waals surface area contributed by atoms with Gasteiger partial charge in [0, 0.05) is 99.3 Å². The lowest BCUT2D eigenvalue weighted by Gasteiger charge is -2.29. The number of aromatic nitrogens is 2. The summed E-state index contributed by atoms with van der Waals surface area (Å²) < 4.78 is 18.7. The fourth-order valence-electron chi connectivity index (χ4n) is 15.5. The van der Waals surface area contributed by atoms with E-state index in [2.05, 4.69) is 327 Å². The molecule has 438 valence electrons. The number of furan rings is 2. The summed E-state index contributed by atoms with van der Waals surface area (Å²) in [5.74, 6) is 0. The van der Waals surface area contributed by atoms with Crippen molar-refractivity contribution in [2.24, 2.45) is 0 Å². The molecular formula is C86H62N4O2. The third-order valence-corrected chi connectivity index (χ3v) is 19.9. The molecule has 19 rings (SSSR count). The van der Waals surface area contributed by atoms with E-state index in [0.29, 0.717) is 0 Å². The molecule has 0 N–H and O–H groups in total. The molecule has 6 heteroatoms. The molecule has 0 fully saturated rings. The minimum absolute atomic E-state index is 0.0292. The van der Waals surface area contributed by atoms with Gasteiger partial charge in [-0.15, -0.1) is 0 Å². The average Bonchev–Trinajstić information content (AvgIpc) is 1.51. The van der Waals surface area contributed by atoms with Gasteiger partial charge in [0.25, 0.3) is 0 Å². The van der Waals surface area contributed by atoms with Crippen LogP contribution in [0.2, 0.25) is 0 Å². The van der Waals surface area contributed by atoms with Gasteiger partial charge in [-0.25, -0.2) is 0 Å². The maximum absolute atomic E-state index is 6.79. The third kappa shape index (κ3) is 7.55. The quantitative estimate of drug-likeness (QED) is 0.152. The number of hydrogen-bond donors (Lipinski definition) is 0. The van der Waals surface area contributed by atoms with Crippen molar-refractivity contribution in [3.05, 3.63) is 278 Å². The van der Waals surface area contributed by atoms with E-state index in [-0.39, 0.29) is 10.8 Å². The Hall–Kier alpha value is -11.3. The number of anilines is 6. The van der Waals surface area contributed by atoms with Crippen LogP contribution in [0.5, 0.6) is 0 Å². The van der Waals surface area contributed by atoms with Gasteiger partial charge in [0.15, 0.2) is 0 Å². The van der Waals surface area contributed by atoms with Crippen molar-refractivity contribution in [1.82, 2.24) is 8.80 Å². The molecule has 0 aliphatic carbocycles. The molecule has 0 aliphatic heterocycles. The molecular weight excluding hydrogens is 1120 g/mol. The fourth-order valence-corrected chi connectivity index (χ4v) is 15.5. The van der Waals surface area contributed by atoms with Crippen LogP contribution in [0.1, 0.15) is 52.7 Å². The van der Waals surface area contributed by atoms with E-state index in [0.717, 1.165) is 100 Å². The van der Waals surface area contributed by atoms with Crippen LogP contribution in [-0.2, 0) is 10.8 Å². The van der Waals surface area contributed by atoms with Crippen LogP contribution in [0.15, 0.2) is 276 Å². The first-order valence-electron chi connectivity index (χ1n) is 32.1. The molecule has 0 saturated carbocycles. The van der Waals surface area contributed by atoms with Gasteiger partial charge in [-0.3, -0.25) is 0 Å². The van der Waals surface area contributed by atoms with Crippen LogP contribution in [0.25, 0.3) is 142 Å². The van der Waals surface area contributed by atoms with E-state index in [1.54, 1.807) is 0 Å². The van der Waals surface area contributed by atoms with E-state index in [1.165, 1.54) is 87.3 Å². The summed E-state index contributed by atoms with van der Waals surface area (Å²) in [6.07, 6.45) is 0. The van der Waals surface area contributed by atoms with Crippen LogP contribution >= 0.6 is 0 Å². The normalized spacial score (nSPS) is 12.7. The minimum atomic E-state index is -0.0292. The second-order valence-electron chi connectivity index (χ2n) is 27.2. The third-order valence-electron chi connectivity index (χ3n) is 19.9. The highest BCUT2D eigenvalue weighted by Crippen LogP contribution is 2.54. The molecule has 0 spiro atoms. The molecule has 0 amide bonds. The maximum atomic E-state index is 6.79. The lowest BCUT2D eigenvalue weighted by molar-refractivity contribution is 0.590. The topological polar surface area (TPSA) is 41.6 Å². The molecule has 6 heterocycles. The van der Waals surface area contributed by atoms with Crippen LogP contribution in [0.3, 0.4) is 0 Å². The molecule has 92 heavy (non-hydrogen) atoms. The Morgan fingerprint density at radius 3 is 1.04 bits per heavy atom. The minimum Gasteiger partial charge on any atom is -0.456 e. The first kappa shape index (κ1) is 52.6. The molecule has 0 bridgehead atoms. The molecule has 19 aromatic rings. The van der Waals surface area contributed by atoms with Gasteiger partial charge in [0.05, 0.1) is 55.8 Å². The molecule has 0 aliphatic rings. The SMILES string of the molecule is CC(C)(C)c1ccc(N(c2cc3oc4ccccc4c3cc2-c2ccccc2)c2ccc3c4cc5c(cc4n4c6ccccc6c2c34)c2ccc(N(c3ccc(C(C)(C)C)cc3)c3cc4oc6ccccc6c4cc3-c3ccccc3)c3c4ccccc4n5c23)cc1. The summed E-state index contributed by atoms with van der Waals surface area (Å²) in [5, 5.41) is 14.0. The highest BCUT2D eigenvalue weighted by atomic mass is 16.3. The average molecular weight is 1180 g/mol. The fraction of sp³-hybridized carbons (Fsp3) is 0.0930. The first-order chi connectivity index (χ1) is 44.9.